The summed E-state index contributed by atoms with van der Waals surface area (Å²) in [5.41, 5.74) is 0.615. The summed E-state index contributed by atoms with van der Waals surface area (Å²) < 4.78 is 22.4. The third-order valence-corrected chi connectivity index (χ3v) is 4.69. The van der Waals surface area contributed by atoms with Crippen molar-refractivity contribution in [2.75, 3.05) is 11.4 Å². The summed E-state index contributed by atoms with van der Waals surface area (Å²) in [5, 5.41) is 0. The molecule has 1 amide bonds. The van der Waals surface area contributed by atoms with Crippen LogP contribution in [0.5, 0.6) is 0 Å². The Bertz CT molecular complexity index is 598. The lowest BCUT2D eigenvalue weighted by Crippen LogP contribution is -2.27. The Hall–Kier alpha value is -1.07. The van der Waals surface area contributed by atoms with Gasteiger partial charge in [0.25, 0.3) is 9.05 Å². The van der Waals surface area contributed by atoms with Gasteiger partial charge in [-0.3, -0.25) is 4.79 Å². The minimum atomic E-state index is -3.74. The molecule has 0 N–H and O–H groups in total. The van der Waals surface area contributed by atoms with E-state index in [2.05, 4.69) is 0 Å². The fourth-order valence-corrected chi connectivity index (χ4v) is 3.10. The van der Waals surface area contributed by atoms with Gasteiger partial charge in [0.1, 0.15) is 0 Å². The molecule has 1 aromatic carbocycles. The van der Waals surface area contributed by atoms with Crippen molar-refractivity contribution < 1.29 is 13.2 Å². The Morgan fingerprint density at radius 3 is 2.71 bits per heavy atom. The molecule has 1 aromatic rings. The van der Waals surface area contributed by atoms with Crippen molar-refractivity contribution in [2.45, 2.75) is 11.3 Å². The molecule has 0 bridgehead atoms. The van der Waals surface area contributed by atoms with E-state index >= 15 is 0 Å². The summed E-state index contributed by atoms with van der Waals surface area (Å²) in [6.07, 6.45) is 0.975. The summed E-state index contributed by atoms with van der Waals surface area (Å²) in [6, 6.07) is 6.20. The Kier molecular flexibility index (Phi) is 2.25. The largest absolute Gasteiger partial charge is 0.312 e. The number of amides is 1. The van der Waals surface area contributed by atoms with Crippen molar-refractivity contribution in [1.29, 1.82) is 0 Å². The highest BCUT2D eigenvalue weighted by atomic mass is 35.7. The van der Waals surface area contributed by atoms with Gasteiger partial charge in [-0.2, -0.15) is 0 Å². The molecule has 0 spiro atoms. The predicted octanol–water partition coefficient (Wildman–Crippen LogP) is 1.60. The average molecular weight is 272 g/mol. The molecule has 4 nitrogen and oxygen atoms in total. The molecule has 2 unspecified atom stereocenters. The maximum atomic E-state index is 11.9. The Morgan fingerprint density at radius 2 is 2.12 bits per heavy atom. The maximum Gasteiger partial charge on any atom is 0.261 e. The molecule has 17 heavy (non-hydrogen) atoms. The van der Waals surface area contributed by atoms with Crippen molar-refractivity contribution >= 4 is 31.3 Å². The van der Waals surface area contributed by atoms with Crippen LogP contribution < -0.4 is 4.90 Å². The first kappa shape index (κ1) is 11.0. The van der Waals surface area contributed by atoms with E-state index in [1.54, 1.807) is 17.0 Å². The molecule has 2 aliphatic rings. The fraction of sp³-hybridized carbons (Fsp3) is 0.364. The number of nitrogens with zero attached hydrogens (tertiary/aromatic N) is 1. The number of hydrogen-bond donors (Lipinski definition) is 0. The third-order valence-electron chi connectivity index (χ3n) is 3.33. The van der Waals surface area contributed by atoms with E-state index in [1.807, 2.05) is 0 Å². The number of hydrogen-bond acceptors (Lipinski definition) is 3. The molecule has 0 radical (unpaired) electrons. The summed E-state index contributed by atoms with van der Waals surface area (Å²) >= 11 is 0. The number of halogens is 1. The van der Waals surface area contributed by atoms with E-state index in [0.717, 1.165) is 6.42 Å². The van der Waals surface area contributed by atoms with E-state index in [-0.39, 0.29) is 16.7 Å². The summed E-state index contributed by atoms with van der Waals surface area (Å²) in [4.78, 5) is 13.5. The highest BCUT2D eigenvalue weighted by Crippen LogP contribution is 2.47. The van der Waals surface area contributed by atoms with Gasteiger partial charge in [0.2, 0.25) is 5.91 Å². The minimum absolute atomic E-state index is 0.0324. The van der Waals surface area contributed by atoms with Gasteiger partial charge in [-0.15, -0.1) is 0 Å². The Balaban J connectivity index is 1.97. The quantitative estimate of drug-likeness (QED) is 0.768. The average Bonchev–Trinajstić information content (AvgIpc) is 2.97. The van der Waals surface area contributed by atoms with Crippen LogP contribution in [0.3, 0.4) is 0 Å². The zero-order valence-corrected chi connectivity index (χ0v) is 10.4. The van der Waals surface area contributed by atoms with Crippen LogP contribution in [0.15, 0.2) is 29.2 Å². The second-order valence-electron chi connectivity index (χ2n) is 4.49. The fourth-order valence-electron chi connectivity index (χ4n) is 2.31. The van der Waals surface area contributed by atoms with Gasteiger partial charge in [0.15, 0.2) is 0 Å². The highest BCUT2D eigenvalue weighted by molar-refractivity contribution is 8.13. The van der Waals surface area contributed by atoms with Gasteiger partial charge >= 0.3 is 0 Å². The smallest absolute Gasteiger partial charge is 0.261 e. The number of rotatable bonds is 2. The van der Waals surface area contributed by atoms with Crippen LogP contribution in [-0.2, 0) is 13.8 Å². The van der Waals surface area contributed by atoms with Crippen LogP contribution in [0.25, 0.3) is 0 Å². The van der Waals surface area contributed by atoms with Gasteiger partial charge < -0.3 is 4.90 Å². The van der Waals surface area contributed by atoms with Crippen molar-refractivity contribution in [2.24, 2.45) is 11.8 Å². The van der Waals surface area contributed by atoms with Gasteiger partial charge in [-0.1, -0.05) is 6.07 Å². The number of carbonyl (C=O) groups excluding carboxylic acids is 1. The lowest BCUT2D eigenvalue weighted by atomic mass is 10.3. The number of fused-ring (bicyclic) bond motifs is 1. The number of carbonyl (C=O) groups is 1. The second kappa shape index (κ2) is 3.46. The molecule has 1 saturated carbocycles. The van der Waals surface area contributed by atoms with Crippen molar-refractivity contribution in [3.8, 4) is 0 Å². The zero-order valence-electron chi connectivity index (χ0n) is 8.84. The first-order valence-electron chi connectivity index (χ1n) is 5.33. The van der Waals surface area contributed by atoms with Crippen molar-refractivity contribution in [1.82, 2.24) is 0 Å². The lowest BCUT2D eigenvalue weighted by molar-refractivity contribution is -0.118. The Morgan fingerprint density at radius 1 is 1.35 bits per heavy atom. The van der Waals surface area contributed by atoms with Crippen LogP contribution in [0, 0.1) is 11.8 Å². The molecule has 1 heterocycles. The number of benzene rings is 1. The summed E-state index contributed by atoms with van der Waals surface area (Å²) in [6.45, 7) is 0.690. The highest BCUT2D eigenvalue weighted by Gasteiger charge is 2.52. The summed E-state index contributed by atoms with van der Waals surface area (Å²) in [7, 11) is 1.54. The van der Waals surface area contributed by atoms with E-state index in [9.17, 15) is 13.2 Å². The monoisotopic (exact) mass is 271 g/mol. The molecule has 6 heteroatoms. The molecule has 1 aliphatic heterocycles. The predicted molar refractivity (Wildman–Crippen MR) is 63.4 cm³/mol. The van der Waals surface area contributed by atoms with Crippen LogP contribution in [0.4, 0.5) is 5.69 Å². The van der Waals surface area contributed by atoms with Crippen LogP contribution in [-0.4, -0.2) is 20.9 Å². The molecule has 90 valence electrons. The van der Waals surface area contributed by atoms with Crippen LogP contribution in [0.2, 0.25) is 0 Å². The first-order valence-corrected chi connectivity index (χ1v) is 7.64. The molecule has 3 rings (SSSR count). The number of anilines is 1. The standard InChI is InChI=1S/C11H10ClNO3S/c12-17(15,16)9-3-1-2-8(5-9)13-6-7-4-10(7)11(13)14/h1-3,5,7,10H,4,6H2. The van der Waals surface area contributed by atoms with E-state index < -0.39 is 9.05 Å². The SMILES string of the molecule is O=C1C2CC2CN1c1cccc(S(=O)(=O)Cl)c1. The van der Waals surface area contributed by atoms with Gasteiger partial charge in [-0.25, -0.2) is 8.42 Å². The van der Waals surface area contributed by atoms with Gasteiger partial charge in [0, 0.05) is 28.8 Å². The molecule has 2 fully saturated rings. The topological polar surface area (TPSA) is 54.5 Å². The lowest BCUT2D eigenvalue weighted by Gasteiger charge is -2.18. The van der Waals surface area contributed by atoms with E-state index in [4.69, 9.17) is 10.7 Å². The molecular formula is C11H10ClNO3S. The molecule has 0 aromatic heterocycles. The maximum absolute atomic E-state index is 11.9. The third kappa shape index (κ3) is 1.83. The molecule has 1 aliphatic carbocycles. The van der Waals surface area contributed by atoms with E-state index in [1.165, 1.54) is 12.1 Å². The van der Waals surface area contributed by atoms with Crippen LogP contribution in [0.1, 0.15) is 6.42 Å². The molecular weight excluding hydrogens is 262 g/mol. The van der Waals surface area contributed by atoms with Crippen molar-refractivity contribution in [3.05, 3.63) is 24.3 Å². The second-order valence-corrected chi connectivity index (χ2v) is 7.05. The first-order chi connectivity index (χ1) is 7.97. The molecule has 2 atom stereocenters. The van der Waals surface area contributed by atoms with E-state index in [0.29, 0.717) is 18.2 Å². The van der Waals surface area contributed by atoms with Gasteiger partial charge in [-0.05, 0) is 30.5 Å². The number of piperidine rings is 1. The van der Waals surface area contributed by atoms with Crippen LogP contribution >= 0.6 is 10.7 Å². The molecule has 1 saturated heterocycles. The normalized spacial score (nSPS) is 27.1. The van der Waals surface area contributed by atoms with Gasteiger partial charge in [0.05, 0.1) is 4.90 Å². The van der Waals surface area contributed by atoms with Crippen molar-refractivity contribution in [3.63, 3.8) is 0 Å². The zero-order chi connectivity index (χ0) is 12.2. The minimum Gasteiger partial charge on any atom is -0.312 e. The Labute approximate surface area is 104 Å². The summed E-state index contributed by atoms with van der Waals surface area (Å²) in [5.74, 6) is 0.712.